The largest absolute Gasteiger partial charge is 0.492 e. The molecule has 0 aliphatic heterocycles. The molecule has 0 fully saturated rings. The summed E-state index contributed by atoms with van der Waals surface area (Å²) in [5.41, 5.74) is -0.0347. The zero-order chi connectivity index (χ0) is 9.42. The van der Waals surface area contributed by atoms with E-state index in [0.29, 0.717) is 4.70 Å². The van der Waals surface area contributed by atoms with Gasteiger partial charge >= 0.3 is 7.12 Å². The Hall–Kier alpha value is -0.905. The number of hydrogen-bond donors (Lipinski definition) is 2. The number of hydrogen-bond acceptors (Lipinski definition) is 3. The summed E-state index contributed by atoms with van der Waals surface area (Å²) in [6.07, 6.45) is 0. The molecule has 0 bridgehead atoms. The lowest BCUT2D eigenvalue weighted by Crippen LogP contribution is -2.32. The monoisotopic (exact) mass is 196 g/mol. The summed E-state index contributed by atoms with van der Waals surface area (Å²) in [5.74, 6) is -0.579. The van der Waals surface area contributed by atoms with Gasteiger partial charge < -0.3 is 10.0 Å². The molecule has 0 saturated carbocycles. The maximum Gasteiger partial charge on any atom is 0.492 e. The summed E-state index contributed by atoms with van der Waals surface area (Å²) < 4.78 is 13.7. The Kier molecular flexibility index (Phi) is 2.07. The third kappa shape index (κ3) is 1.35. The van der Waals surface area contributed by atoms with Crippen LogP contribution in [0.1, 0.15) is 0 Å². The van der Waals surface area contributed by atoms with Gasteiger partial charge in [0.05, 0.1) is 0 Å². The van der Waals surface area contributed by atoms with Crippen molar-refractivity contribution >= 4 is 34.0 Å². The van der Waals surface area contributed by atoms with Gasteiger partial charge in [0.15, 0.2) is 0 Å². The fourth-order valence-electron chi connectivity index (χ4n) is 1.27. The highest BCUT2D eigenvalue weighted by Gasteiger charge is 2.20. The minimum atomic E-state index is -1.75. The van der Waals surface area contributed by atoms with Crippen LogP contribution in [-0.4, -0.2) is 17.2 Å². The number of thiophene rings is 1. The van der Waals surface area contributed by atoms with Crippen LogP contribution < -0.4 is 5.46 Å². The third-order valence-electron chi connectivity index (χ3n) is 1.87. The third-order valence-corrected chi connectivity index (χ3v) is 2.83. The van der Waals surface area contributed by atoms with E-state index in [0.717, 1.165) is 5.39 Å². The van der Waals surface area contributed by atoms with Gasteiger partial charge in [0.1, 0.15) is 5.82 Å². The van der Waals surface area contributed by atoms with Gasteiger partial charge in [-0.1, -0.05) is 6.07 Å². The molecular formula is C8H6BFO2S. The van der Waals surface area contributed by atoms with Crippen molar-refractivity contribution in [3.8, 4) is 0 Å². The summed E-state index contributed by atoms with van der Waals surface area (Å²) in [6, 6.07) is 4.67. The van der Waals surface area contributed by atoms with E-state index in [-0.39, 0.29) is 5.46 Å². The highest BCUT2D eigenvalue weighted by molar-refractivity contribution is 7.18. The maximum absolute atomic E-state index is 13.1. The lowest BCUT2D eigenvalue weighted by Gasteiger charge is -2.02. The summed E-state index contributed by atoms with van der Waals surface area (Å²) >= 11 is 1.30. The Morgan fingerprint density at radius 2 is 2.00 bits per heavy atom. The molecular weight excluding hydrogens is 190 g/mol. The Bertz CT molecular complexity index is 441. The molecule has 0 saturated heterocycles. The van der Waals surface area contributed by atoms with Crippen LogP contribution in [0.15, 0.2) is 23.6 Å². The first-order valence-electron chi connectivity index (χ1n) is 3.72. The molecule has 0 atom stereocenters. The van der Waals surface area contributed by atoms with Gasteiger partial charge in [-0.05, 0) is 22.9 Å². The Labute approximate surface area is 78.4 Å². The first-order chi connectivity index (χ1) is 6.20. The van der Waals surface area contributed by atoms with E-state index < -0.39 is 12.9 Å². The molecule has 0 unspecified atom stereocenters. The summed E-state index contributed by atoms with van der Waals surface area (Å²) in [7, 11) is -1.75. The Balaban J connectivity index is 2.80. The van der Waals surface area contributed by atoms with Gasteiger partial charge in [-0.15, -0.1) is 11.3 Å². The average molecular weight is 196 g/mol. The molecule has 5 heteroatoms. The van der Waals surface area contributed by atoms with E-state index in [1.807, 2.05) is 6.07 Å². The molecule has 1 aromatic heterocycles. The van der Waals surface area contributed by atoms with Gasteiger partial charge in [-0.3, -0.25) is 0 Å². The second-order valence-corrected chi connectivity index (χ2v) is 3.59. The standard InChI is InChI=1S/C8H6BFO2S/c10-6-2-1-5-3-4-13-8(5)7(6)9(11)12/h1-4,11-12H. The van der Waals surface area contributed by atoms with Crippen molar-refractivity contribution in [2.45, 2.75) is 0 Å². The van der Waals surface area contributed by atoms with E-state index in [9.17, 15) is 4.39 Å². The van der Waals surface area contributed by atoms with Crippen molar-refractivity contribution in [2.75, 3.05) is 0 Å². The van der Waals surface area contributed by atoms with Crippen LogP contribution in [0.5, 0.6) is 0 Å². The predicted molar refractivity (Wildman–Crippen MR) is 51.6 cm³/mol. The highest BCUT2D eigenvalue weighted by atomic mass is 32.1. The predicted octanol–water partition coefficient (Wildman–Crippen LogP) is 0.720. The molecule has 2 aromatic rings. The van der Waals surface area contributed by atoms with Crippen molar-refractivity contribution in [1.29, 1.82) is 0 Å². The number of benzene rings is 1. The van der Waals surface area contributed by atoms with Crippen LogP contribution in [0.4, 0.5) is 4.39 Å². The van der Waals surface area contributed by atoms with Crippen LogP contribution >= 0.6 is 11.3 Å². The molecule has 0 amide bonds. The van der Waals surface area contributed by atoms with E-state index in [1.165, 1.54) is 17.4 Å². The van der Waals surface area contributed by atoms with Gasteiger partial charge in [0.25, 0.3) is 0 Å². The molecule has 0 spiro atoms. The van der Waals surface area contributed by atoms with Gasteiger partial charge in [-0.2, -0.15) is 0 Å². The normalized spacial score (nSPS) is 10.7. The average Bonchev–Trinajstić information content (AvgIpc) is 2.50. The smallest absolute Gasteiger partial charge is 0.423 e. The maximum atomic E-state index is 13.1. The summed E-state index contributed by atoms with van der Waals surface area (Å²) in [5, 5.41) is 20.5. The molecule has 1 heterocycles. The van der Waals surface area contributed by atoms with Crippen LogP contribution in [0, 0.1) is 5.82 Å². The van der Waals surface area contributed by atoms with Crippen LogP contribution in [0.25, 0.3) is 10.1 Å². The van der Waals surface area contributed by atoms with Gasteiger partial charge in [0, 0.05) is 10.2 Å². The molecule has 0 aliphatic carbocycles. The molecule has 2 rings (SSSR count). The molecule has 0 aliphatic rings. The van der Waals surface area contributed by atoms with E-state index >= 15 is 0 Å². The molecule has 66 valence electrons. The second kappa shape index (κ2) is 3.10. The van der Waals surface area contributed by atoms with Crippen molar-refractivity contribution in [1.82, 2.24) is 0 Å². The first kappa shape index (κ1) is 8.68. The summed E-state index contributed by atoms with van der Waals surface area (Å²) in [6.45, 7) is 0. The molecule has 1 aromatic carbocycles. The number of fused-ring (bicyclic) bond motifs is 1. The zero-order valence-corrected chi connectivity index (χ0v) is 7.38. The number of rotatable bonds is 1. The van der Waals surface area contributed by atoms with Crippen LogP contribution in [0.3, 0.4) is 0 Å². The SMILES string of the molecule is OB(O)c1c(F)ccc2ccsc12. The van der Waals surface area contributed by atoms with Crippen molar-refractivity contribution < 1.29 is 14.4 Å². The fourth-order valence-corrected chi connectivity index (χ4v) is 2.22. The van der Waals surface area contributed by atoms with E-state index in [1.54, 1.807) is 11.4 Å². The minimum Gasteiger partial charge on any atom is -0.423 e. The van der Waals surface area contributed by atoms with Crippen LogP contribution in [-0.2, 0) is 0 Å². The van der Waals surface area contributed by atoms with Crippen LogP contribution in [0.2, 0.25) is 0 Å². The number of halogens is 1. The highest BCUT2D eigenvalue weighted by Crippen LogP contribution is 2.19. The lowest BCUT2D eigenvalue weighted by atomic mass is 9.79. The molecule has 2 N–H and O–H groups in total. The Morgan fingerprint density at radius 1 is 1.23 bits per heavy atom. The minimum absolute atomic E-state index is 0.0347. The zero-order valence-electron chi connectivity index (χ0n) is 6.57. The quantitative estimate of drug-likeness (QED) is 0.659. The van der Waals surface area contributed by atoms with Crippen molar-refractivity contribution in [3.63, 3.8) is 0 Å². The van der Waals surface area contributed by atoms with E-state index in [4.69, 9.17) is 10.0 Å². The van der Waals surface area contributed by atoms with Gasteiger partial charge in [-0.25, -0.2) is 4.39 Å². The van der Waals surface area contributed by atoms with Crippen molar-refractivity contribution in [2.24, 2.45) is 0 Å². The lowest BCUT2D eigenvalue weighted by molar-refractivity contribution is 0.423. The first-order valence-corrected chi connectivity index (χ1v) is 4.60. The molecule has 13 heavy (non-hydrogen) atoms. The van der Waals surface area contributed by atoms with Crippen molar-refractivity contribution in [3.05, 3.63) is 29.4 Å². The van der Waals surface area contributed by atoms with E-state index in [2.05, 4.69) is 0 Å². The van der Waals surface area contributed by atoms with Gasteiger partial charge in [0.2, 0.25) is 0 Å². The second-order valence-electron chi connectivity index (χ2n) is 2.67. The topological polar surface area (TPSA) is 40.5 Å². The summed E-state index contributed by atoms with van der Waals surface area (Å²) in [4.78, 5) is 0. The Morgan fingerprint density at radius 3 is 2.69 bits per heavy atom. The fraction of sp³-hybridized carbons (Fsp3) is 0. The molecule has 2 nitrogen and oxygen atoms in total. The molecule has 0 radical (unpaired) electrons.